The summed E-state index contributed by atoms with van der Waals surface area (Å²) in [5.41, 5.74) is 0.258. The van der Waals surface area contributed by atoms with Crippen molar-refractivity contribution in [3.63, 3.8) is 0 Å². The minimum atomic E-state index is -0.176. The van der Waals surface area contributed by atoms with Crippen molar-refractivity contribution in [1.29, 1.82) is 0 Å². The molecule has 0 saturated heterocycles. The molecular formula is C16H21NO3. The lowest BCUT2D eigenvalue weighted by molar-refractivity contribution is 0.0751. The maximum atomic E-state index is 12.4. The molecule has 4 nitrogen and oxygen atoms in total. The average molecular weight is 275 g/mol. The van der Waals surface area contributed by atoms with E-state index in [-0.39, 0.29) is 23.0 Å². The second-order valence-corrected chi connectivity index (χ2v) is 6.32. The highest BCUT2D eigenvalue weighted by atomic mass is 16.3. The minimum Gasteiger partial charge on any atom is -0.508 e. The Labute approximate surface area is 119 Å². The standard InChI is InChI=1S/C16H21NO3/c1-17(9-12-7-10-2-3-11(12)6-10)16(20)14-5-4-13(18)8-15(14)19/h4-5,8,10-12,18-19H,2-3,6-7,9H2,1H3. The van der Waals surface area contributed by atoms with E-state index in [1.165, 1.54) is 43.9 Å². The first kappa shape index (κ1) is 13.3. The second-order valence-electron chi connectivity index (χ2n) is 6.32. The quantitative estimate of drug-likeness (QED) is 0.891. The van der Waals surface area contributed by atoms with E-state index < -0.39 is 0 Å². The van der Waals surface area contributed by atoms with E-state index in [1.54, 1.807) is 11.9 Å². The van der Waals surface area contributed by atoms with E-state index in [0.29, 0.717) is 5.92 Å². The molecule has 2 N–H and O–H groups in total. The smallest absolute Gasteiger partial charge is 0.257 e. The Morgan fingerprint density at radius 1 is 1.30 bits per heavy atom. The predicted molar refractivity (Wildman–Crippen MR) is 75.7 cm³/mol. The minimum absolute atomic E-state index is 0.0326. The third kappa shape index (κ3) is 2.35. The Balaban J connectivity index is 1.67. The summed E-state index contributed by atoms with van der Waals surface area (Å²) in [6, 6.07) is 4.11. The number of phenols is 2. The van der Waals surface area contributed by atoms with Gasteiger partial charge in [-0.2, -0.15) is 0 Å². The average Bonchev–Trinajstić information content (AvgIpc) is 3.00. The van der Waals surface area contributed by atoms with Crippen molar-refractivity contribution in [3.05, 3.63) is 23.8 Å². The van der Waals surface area contributed by atoms with Crippen LogP contribution >= 0.6 is 0 Å². The van der Waals surface area contributed by atoms with Crippen LogP contribution in [0, 0.1) is 17.8 Å². The Morgan fingerprint density at radius 2 is 2.10 bits per heavy atom. The van der Waals surface area contributed by atoms with Crippen LogP contribution < -0.4 is 0 Å². The molecule has 20 heavy (non-hydrogen) atoms. The third-order valence-electron chi connectivity index (χ3n) is 4.95. The van der Waals surface area contributed by atoms with Gasteiger partial charge in [-0.25, -0.2) is 0 Å². The van der Waals surface area contributed by atoms with Gasteiger partial charge < -0.3 is 15.1 Å². The highest BCUT2D eigenvalue weighted by Gasteiger charge is 2.40. The van der Waals surface area contributed by atoms with Crippen LogP contribution in [0.5, 0.6) is 11.5 Å². The lowest BCUT2D eigenvalue weighted by Gasteiger charge is -2.27. The van der Waals surface area contributed by atoms with Crippen LogP contribution in [0.4, 0.5) is 0 Å². The van der Waals surface area contributed by atoms with Crippen molar-refractivity contribution in [3.8, 4) is 11.5 Å². The molecule has 2 aliphatic carbocycles. The number of nitrogens with zero attached hydrogens (tertiary/aromatic N) is 1. The zero-order valence-corrected chi connectivity index (χ0v) is 11.7. The Morgan fingerprint density at radius 3 is 2.70 bits per heavy atom. The van der Waals surface area contributed by atoms with E-state index in [9.17, 15) is 15.0 Å². The number of hydrogen-bond donors (Lipinski definition) is 2. The highest BCUT2D eigenvalue weighted by molar-refractivity contribution is 5.96. The van der Waals surface area contributed by atoms with Crippen LogP contribution in [0.1, 0.15) is 36.0 Å². The van der Waals surface area contributed by atoms with Crippen molar-refractivity contribution < 1.29 is 15.0 Å². The predicted octanol–water partition coefficient (Wildman–Crippen LogP) is 2.61. The van der Waals surface area contributed by atoms with Crippen molar-refractivity contribution in [2.45, 2.75) is 25.7 Å². The van der Waals surface area contributed by atoms with Gasteiger partial charge in [0.2, 0.25) is 0 Å². The van der Waals surface area contributed by atoms with Gasteiger partial charge in [0.25, 0.3) is 5.91 Å². The molecule has 0 aliphatic heterocycles. The number of carbonyl (C=O) groups is 1. The molecule has 3 atom stereocenters. The van der Waals surface area contributed by atoms with E-state index in [1.807, 2.05) is 0 Å². The maximum absolute atomic E-state index is 12.4. The van der Waals surface area contributed by atoms with E-state index in [0.717, 1.165) is 18.4 Å². The van der Waals surface area contributed by atoms with Gasteiger partial charge in [-0.1, -0.05) is 6.42 Å². The fraction of sp³-hybridized carbons (Fsp3) is 0.562. The first-order chi connectivity index (χ1) is 9.54. The zero-order chi connectivity index (χ0) is 14.3. The number of rotatable bonds is 3. The van der Waals surface area contributed by atoms with Gasteiger partial charge in [-0.3, -0.25) is 4.79 Å². The number of phenolic OH excluding ortho intramolecular Hbond substituents is 2. The summed E-state index contributed by atoms with van der Waals surface area (Å²) in [5, 5.41) is 19.0. The van der Waals surface area contributed by atoms with Crippen LogP contribution in [-0.2, 0) is 0 Å². The molecule has 3 rings (SSSR count). The number of hydrogen-bond acceptors (Lipinski definition) is 3. The molecule has 2 aliphatic rings. The molecule has 0 aromatic heterocycles. The molecule has 1 amide bonds. The molecule has 0 radical (unpaired) electrons. The van der Waals surface area contributed by atoms with Gasteiger partial charge in [-0.15, -0.1) is 0 Å². The largest absolute Gasteiger partial charge is 0.508 e. The number of amides is 1. The summed E-state index contributed by atoms with van der Waals surface area (Å²) in [6.45, 7) is 0.764. The van der Waals surface area contributed by atoms with Gasteiger partial charge in [0, 0.05) is 19.7 Å². The summed E-state index contributed by atoms with van der Waals surface area (Å²) in [6.07, 6.45) is 5.24. The zero-order valence-electron chi connectivity index (χ0n) is 11.7. The van der Waals surface area contributed by atoms with Crippen LogP contribution in [0.15, 0.2) is 18.2 Å². The topological polar surface area (TPSA) is 60.8 Å². The number of benzene rings is 1. The first-order valence-corrected chi connectivity index (χ1v) is 7.32. The van der Waals surface area contributed by atoms with Gasteiger partial charge in [0.15, 0.2) is 0 Å². The fourth-order valence-electron chi connectivity index (χ4n) is 3.94. The summed E-state index contributed by atoms with van der Waals surface area (Å²) in [5.74, 6) is 1.90. The molecule has 0 heterocycles. The first-order valence-electron chi connectivity index (χ1n) is 7.32. The summed E-state index contributed by atoms with van der Waals surface area (Å²) < 4.78 is 0. The van der Waals surface area contributed by atoms with Gasteiger partial charge in [0.05, 0.1) is 5.56 Å². The van der Waals surface area contributed by atoms with Crippen LogP contribution in [0.3, 0.4) is 0 Å². The van der Waals surface area contributed by atoms with Gasteiger partial charge in [-0.05, 0) is 49.1 Å². The van der Waals surface area contributed by atoms with Crippen molar-refractivity contribution in [2.24, 2.45) is 17.8 Å². The molecule has 2 saturated carbocycles. The third-order valence-corrected chi connectivity index (χ3v) is 4.95. The molecule has 3 unspecified atom stereocenters. The molecule has 2 fully saturated rings. The summed E-state index contributed by atoms with van der Waals surface area (Å²) in [7, 11) is 1.79. The van der Waals surface area contributed by atoms with E-state index in [4.69, 9.17) is 0 Å². The fourth-order valence-corrected chi connectivity index (χ4v) is 3.94. The lowest BCUT2D eigenvalue weighted by Crippen LogP contribution is -2.33. The highest BCUT2D eigenvalue weighted by Crippen LogP contribution is 2.48. The second kappa shape index (κ2) is 5.00. The molecular weight excluding hydrogens is 254 g/mol. The van der Waals surface area contributed by atoms with Crippen LogP contribution in [0.25, 0.3) is 0 Å². The molecule has 1 aromatic carbocycles. The normalized spacial score (nSPS) is 27.8. The maximum Gasteiger partial charge on any atom is 0.257 e. The Kier molecular flexibility index (Phi) is 3.32. The lowest BCUT2D eigenvalue weighted by atomic mass is 9.88. The Hall–Kier alpha value is -1.71. The van der Waals surface area contributed by atoms with Gasteiger partial charge >= 0.3 is 0 Å². The number of aromatic hydroxyl groups is 2. The van der Waals surface area contributed by atoms with Crippen molar-refractivity contribution in [1.82, 2.24) is 4.90 Å². The number of carbonyl (C=O) groups excluding carboxylic acids is 1. The van der Waals surface area contributed by atoms with Gasteiger partial charge in [0.1, 0.15) is 11.5 Å². The summed E-state index contributed by atoms with van der Waals surface area (Å²) in [4.78, 5) is 14.1. The summed E-state index contributed by atoms with van der Waals surface area (Å²) >= 11 is 0. The molecule has 2 bridgehead atoms. The van der Waals surface area contributed by atoms with E-state index >= 15 is 0 Å². The van der Waals surface area contributed by atoms with Crippen molar-refractivity contribution in [2.75, 3.05) is 13.6 Å². The molecule has 1 aromatic rings. The number of fused-ring (bicyclic) bond motifs is 2. The molecule has 108 valence electrons. The van der Waals surface area contributed by atoms with Crippen LogP contribution in [-0.4, -0.2) is 34.6 Å². The van der Waals surface area contributed by atoms with Crippen LogP contribution in [0.2, 0.25) is 0 Å². The molecule has 4 heteroatoms. The monoisotopic (exact) mass is 275 g/mol. The molecule has 0 spiro atoms. The van der Waals surface area contributed by atoms with Crippen molar-refractivity contribution >= 4 is 5.91 Å². The Bertz CT molecular complexity index is 528. The van der Waals surface area contributed by atoms with E-state index in [2.05, 4.69) is 0 Å². The SMILES string of the molecule is CN(CC1CC2CCC1C2)C(=O)c1ccc(O)cc1O.